The van der Waals surface area contributed by atoms with Gasteiger partial charge in [-0.1, -0.05) is 35.9 Å². The van der Waals surface area contributed by atoms with Gasteiger partial charge in [0, 0.05) is 19.0 Å². The molecule has 2 aliphatic rings. The average Bonchev–Trinajstić information content (AvgIpc) is 2.80. The fraction of sp³-hybridized carbons (Fsp3) is 0.458. The molecule has 0 saturated carbocycles. The van der Waals surface area contributed by atoms with E-state index in [0.29, 0.717) is 44.9 Å². The third-order valence-electron chi connectivity index (χ3n) is 6.11. The zero-order valence-corrected chi connectivity index (χ0v) is 19.4. The van der Waals surface area contributed by atoms with E-state index in [1.807, 2.05) is 56.3 Å². The van der Waals surface area contributed by atoms with Gasteiger partial charge in [-0.2, -0.15) is 0 Å². The SMILES string of the molecule is Cc1ccc(CS(=O)(=O)N2CCC(C(=O)N[C@@H](C)c3ccc4c(c3)OCCO4)CC2)cc1. The second-order valence-electron chi connectivity index (χ2n) is 8.55. The number of aryl methyl sites for hydroxylation is 1. The van der Waals surface area contributed by atoms with Crippen molar-refractivity contribution < 1.29 is 22.7 Å². The zero-order chi connectivity index (χ0) is 22.7. The van der Waals surface area contributed by atoms with Crippen LogP contribution in [0.1, 0.15) is 42.5 Å². The maximum atomic E-state index is 12.8. The number of hydrogen-bond donors (Lipinski definition) is 1. The number of sulfonamides is 1. The first-order valence-corrected chi connectivity index (χ1v) is 12.7. The lowest BCUT2D eigenvalue weighted by Gasteiger charge is -2.31. The van der Waals surface area contributed by atoms with Crippen molar-refractivity contribution in [3.8, 4) is 11.5 Å². The van der Waals surface area contributed by atoms with Gasteiger partial charge in [-0.25, -0.2) is 12.7 Å². The number of carbonyl (C=O) groups excluding carboxylic acids is 1. The molecule has 2 aliphatic heterocycles. The molecule has 1 fully saturated rings. The predicted octanol–water partition coefficient (Wildman–Crippen LogP) is 3.19. The molecule has 2 aromatic carbocycles. The van der Waals surface area contributed by atoms with E-state index < -0.39 is 10.0 Å². The Balaban J connectivity index is 1.30. The first-order valence-electron chi connectivity index (χ1n) is 11.0. The normalized spacial score (nSPS) is 18.2. The fourth-order valence-corrected chi connectivity index (χ4v) is 5.69. The molecule has 7 nitrogen and oxygen atoms in total. The van der Waals surface area contributed by atoms with Crippen molar-refractivity contribution in [1.29, 1.82) is 0 Å². The number of carbonyl (C=O) groups is 1. The van der Waals surface area contributed by atoms with Crippen molar-refractivity contribution in [2.45, 2.75) is 38.5 Å². The highest BCUT2D eigenvalue weighted by Gasteiger charge is 2.31. The summed E-state index contributed by atoms with van der Waals surface area (Å²) in [7, 11) is -3.40. The van der Waals surface area contributed by atoms with E-state index in [0.717, 1.165) is 22.4 Å². The molecule has 172 valence electrons. The lowest BCUT2D eigenvalue weighted by atomic mass is 9.96. The highest BCUT2D eigenvalue weighted by atomic mass is 32.2. The van der Waals surface area contributed by atoms with Gasteiger partial charge in [-0.05, 0) is 49.9 Å². The van der Waals surface area contributed by atoms with E-state index >= 15 is 0 Å². The van der Waals surface area contributed by atoms with Gasteiger partial charge < -0.3 is 14.8 Å². The number of hydrogen-bond acceptors (Lipinski definition) is 5. The Hall–Kier alpha value is -2.58. The number of benzene rings is 2. The minimum absolute atomic E-state index is 0.00864. The standard InChI is InChI=1S/C24H30N2O5S/c1-17-3-5-19(6-4-17)16-32(28,29)26-11-9-20(10-12-26)24(27)25-18(2)21-7-8-22-23(15-21)31-14-13-30-22/h3-8,15,18,20H,9-14,16H2,1-2H3,(H,25,27)/t18-/m0/s1. The smallest absolute Gasteiger partial charge is 0.223 e. The summed E-state index contributed by atoms with van der Waals surface area (Å²) >= 11 is 0. The highest BCUT2D eigenvalue weighted by molar-refractivity contribution is 7.88. The Bertz CT molecular complexity index is 1060. The maximum Gasteiger partial charge on any atom is 0.223 e. The van der Waals surface area contributed by atoms with E-state index in [4.69, 9.17) is 9.47 Å². The Morgan fingerprint density at radius 1 is 1.06 bits per heavy atom. The van der Waals surface area contributed by atoms with E-state index in [2.05, 4.69) is 5.32 Å². The van der Waals surface area contributed by atoms with Crippen molar-refractivity contribution in [1.82, 2.24) is 9.62 Å². The number of amides is 1. The van der Waals surface area contributed by atoms with Crippen LogP contribution in [0, 0.1) is 12.8 Å². The van der Waals surface area contributed by atoms with Gasteiger partial charge in [0.2, 0.25) is 15.9 Å². The number of rotatable bonds is 6. The third-order valence-corrected chi connectivity index (χ3v) is 7.96. The molecular formula is C24H30N2O5S. The topological polar surface area (TPSA) is 84.9 Å². The van der Waals surface area contributed by atoms with Gasteiger partial charge in [0.1, 0.15) is 13.2 Å². The molecule has 2 heterocycles. The summed E-state index contributed by atoms with van der Waals surface area (Å²) in [6.45, 7) is 5.70. The van der Waals surface area contributed by atoms with Gasteiger partial charge in [-0.15, -0.1) is 0 Å². The summed E-state index contributed by atoms with van der Waals surface area (Å²) in [4.78, 5) is 12.8. The first kappa shape index (κ1) is 22.6. The summed E-state index contributed by atoms with van der Waals surface area (Å²) in [6.07, 6.45) is 1.04. The van der Waals surface area contributed by atoms with E-state index in [-0.39, 0.29) is 23.6 Å². The average molecular weight is 459 g/mol. The largest absolute Gasteiger partial charge is 0.486 e. The summed E-state index contributed by atoms with van der Waals surface area (Å²) in [5.74, 6) is 1.17. The minimum atomic E-state index is -3.40. The Morgan fingerprint density at radius 2 is 1.72 bits per heavy atom. The van der Waals surface area contributed by atoms with Gasteiger partial charge in [0.25, 0.3) is 0 Å². The van der Waals surface area contributed by atoms with Crippen molar-refractivity contribution >= 4 is 15.9 Å². The number of nitrogens with one attached hydrogen (secondary N) is 1. The number of fused-ring (bicyclic) bond motifs is 1. The molecule has 0 bridgehead atoms. The van der Waals surface area contributed by atoms with Crippen LogP contribution in [0.3, 0.4) is 0 Å². The fourth-order valence-electron chi connectivity index (χ4n) is 4.13. The molecule has 0 aliphatic carbocycles. The monoisotopic (exact) mass is 458 g/mol. The number of nitrogens with zero attached hydrogens (tertiary/aromatic N) is 1. The number of piperidine rings is 1. The first-order chi connectivity index (χ1) is 15.3. The van der Waals surface area contributed by atoms with Crippen LogP contribution in [-0.4, -0.2) is 44.9 Å². The Morgan fingerprint density at radius 3 is 2.41 bits per heavy atom. The van der Waals surface area contributed by atoms with Crippen molar-refractivity contribution in [3.05, 3.63) is 59.2 Å². The second kappa shape index (κ2) is 9.50. The zero-order valence-electron chi connectivity index (χ0n) is 18.5. The molecule has 8 heteroatoms. The molecule has 1 atom stereocenters. The van der Waals surface area contributed by atoms with Gasteiger partial charge in [-0.3, -0.25) is 4.79 Å². The van der Waals surface area contributed by atoms with Crippen molar-refractivity contribution in [2.75, 3.05) is 26.3 Å². The molecule has 1 saturated heterocycles. The van der Waals surface area contributed by atoms with Crippen molar-refractivity contribution in [3.63, 3.8) is 0 Å². The van der Waals surface area contributed by atoms with Crippen molar-refractivity contribution in [2.24, 2.45) is 5.92 Å². The molecular weight excluding hydrogens is 428 g/mol. The molecule has 0 unspecified atom stereocenters. The lowest BCUT2D eigenvalue weighted by Crippen LogP contribution is -2.43. The summed E-state index contributed by atoms with van der Waals surface area (Å²) in [5, 5.41) is 3.07. The van der Waals surface area contributed by atoms with Crippen LogP contribution in [0.2, 0.25) is 0 Å². The highest BCUT2D eigenvalue weighted by Crippen LogP contribution is 2.33. The van der Waals surface area contributed by atoms with Gasteiger partial charge in [0.15, 0.2) is 11.5 Å². The van der Waals surface area contributed by atoms with Crippen LogP contribution in [0.15, 0.2) is 42.5 Å². The molecule has 1 N–H and O–H groups in total. The van der Waals surface area contributed by atoms with Gasteiger partial charge in [0.05, 0.1) is 11.8 Å². The molecule has 0 radical (unpaired) electrons. The molecule has 1 amide bonds. The summed E-state index contributed by atoms with van der Waals surface area (Å²) in [5.41, 5.74) is 2.83. The quantitative estimate of drug-likeness (QED) is 0.719. The summed E-state index contributed by atoms with van der Waals surface area (Å²) < 4.78 is 38.3. The van der Waals surface area contributed by atoms with E-state index in [9.17, 15) is 13.2 Å². The van der Waals surface area contributed by atoms with Gasteiger partial charge >= 0.3 is 0 Å². The van der Waals surface area contributed by atoms with Crippen LogP contribution >= 0.6 is 0 Å². The number of ether oxygens (including phenoxy) is 2. The molecule has 0 spiro atoms. The van der Waals surface area contributed by atoms with Crippen LogP contribution < -0.4 is 14.8 Å². The summed E-state index contributed by atoms with van der Waals surface area (Å²) in [6, 6.07) is 13.1. The molecule has 4 rings (SSSR count). The maximum absolute atomic E-state index is 12.8. The van der Waals surface area contributed by atoms with Crippen LogP contribution in [0.5, 0.6) is 11.5 Å². The predicted molar refractivity (Wildman–Crippen MR) is 122 cm³/mol. The second-order valence-corrected chi connectivity index (χ2v) is 10.5. The Labute approximate surface area is 189 Å². The molecule has 32 heavy (non-hydrogen) atoms. The molecule has 2 aromatic rings. The van der Waals surface area contributed by atoms with Crippen LogP contribution in [0.4, 0.5) is 0 Å². The van der Waals surface area contributed by atoms with Crippen LogP contribution in [0.25, 0.3) is 0 Å². The molecule has 0 aromatic heterocycles. The van der Waals surface area contributed by atoms with E-state index in [1.54, 1.807) is 0 Å². The lowest BCUT2D eigenvalue weighted by molar-refractivity contribution is -0.126. The minimum Gasteiger partial charge on any atom is -0.486 e. The third kappa shape index (κ3) is 5.24. The van der Waals surface area contributed by atoms with E-state index in [1.165, 1.54) is 4.31 Å². The van der Waals surface area contributed by atoms with Crippen LogP contribution in [-0.2, 0) is 20.6 Å². The Kier molecular flexibility index (Phi) is 6.71.